The number of carbonyl (C=O) groups is 1. The predicted octanol–water partition coefficient (Wildman–Crippen LogP) is 5.00. The minimum atomic E-state index is -1.88. The minimum Gasteiger partial charge on any atom is -1.00 e. The monoisotopic (exact) mass is 1250 g/mol. The van der Waals surface area contributed by atoms with E-state index in [9.17, 15) is 30.3 Å². The maximum Gasteiger partial charge on any atom is 0.311 e. The Labute approximate surface area is 498 Å². The number of likely N-dealkylation sites (N-methyl/N-ethyl adjacent to an activating group) is 1. The van der Waals surface area contributed by atoms with Gasteiger partial charge in [0.25, 0.3) is 0 Å². The third-order valence-corrected chi connectivity index (χ3v) is 22.6. The van der Waals surface area contributed by atoms with Gasteiger partial charge in [0.15, 0.2) is 12.6 Å². The molecule has 3 fully saturated rings. The van der Waals surface area contributed by atoms with E-state index in [-0.39, 0.29) is 61.3 Å². The molecule has 0 amide bonds. The summed E-state index contributed by atoms with van der Waals surface area (Å²) in [6.45, 7) is 19.2. The maximum atomic E-state index is 14.7. The van der Waals surface area contributed by atoms with Gasteiger partial charge >= 0.3 is 5.97 Å². The molecular weight excluding hydrogens is 1150 g/mol. The van der Waals surface area contributed by atoms with E-state index in [0.717, 1.165) is 51.1 Å². The van der Waals surface area contributed by atoms with Gasteiger partial charge in [-0.2, -0.15) is 0 Å². The maximum absolute atomic E-state index is 14.7. The van der Waals surface area contributed by atoms with Crippen molar-refractivity contribution in [2.24, 2.45) is 17.8 Å². The number of benzene rings is 3. The Morgan fingerprint density at radius 2 is 1.25 bits per heavy atom. The van der Waals surface area contributed by atoms with Crippen LogP contribution in [0.15, 0.2) is 91.0 Å². The van der Waals surface area contributed by atoms with Gasteiger partial charge in [-0.3, -0.25) is 9.69 Å². The largest absolute Gasteiger partial charge is 1.00 e. The highest BCUT2D eigenvalue weighted by molar-refractivity contribution is 7.95. The molecule has 18 atom stereocenters. The molecular formula is C64H102IN2O12P. The van der Waals surface area contributed by atoms with E-state index in [1.807, 2.05) is 46.7 Å². The number of nitrogens with zero attached hydrogens (tertiary/aromatic N) is 2. The Morgan fingerprint density at radius 1 is 0.725 bits per heavy atom. The van der Waals surface area contributed by atoms with Gasteiger partial charge in [0.05, 0.1) is 47.7 Å². The van der Waals surface area contributed by atoms with Crippen LogP contribution in [0, 0.1) is 17.8 Å². The topological polar surface area (TPSA) is 180 Å². The van der Waals surface area contributed by atoms with Crippen LogP contribution in [0.4, 0.5) is 0 Å². The molecule has 0 radical (unpaired) electrons. The van der Waals surface area contributed by atoms with Crippen LogP contribution in [0.3, 0.4) is 0 Å². The van der Waals surface area contributed by atoms with Crippen LogP contribution in [-0.2, 0) is 33.2 Å². The summed E-state index contributed by atoms with van der Waals surface area (Å²) >= 11 is 0. The lowest BCUT2D eigenvalue weighted by molar-refractivity contribution is -0.318. The number of unbranched alkanes of at least 4 members (excludes halogenated alkanes) is 6. The Kier molecular flexibility index (Phi) is 26.4. The summed E-state index contributed by atoms with van der Waals surface area (Å²) in [5.74, 6) is -2.67. The number of halogens is 1. The van der Waals surface area contributed by atoms with Crippen molar-refractivity contribution in [2.75, 3.05) is 40.5 Å². The molecule has 6 rings (SSSR count). The number of hydrogen-bond donors (Lipinski definition) is 5. The second-order valence-electron chi connectivity index (χ2n) is 24.7. The fourth-order valence-electron chi connectivity index (χ4n) is 13.3. The summed E-state index contributed by atoms with van der Waals surface area (Å²) in [5, 5.41) is 64.9. The van der Waals surface area contributed by atoms with Crippen molar-refractivity contribution in [1.82, 2.24) is 9.80 Å². The van der Waals surface area contributed by atoms with Crippen molar-refractivity contribution in [1.29, 1.82) is 0 Å². The fraction of sp³-hybridized carbons (Fsp3) is 0.703. The van der Waals surface area contributed by atoms with Crippen molar-refractivity contribution in [2.45, 2.75) is 230 Å². The van der Waals surface area contributed by atoms with Gasteiger partial charge in [-0.1, -0.05) is 101 Å². The van der Waals surface area contributed by atoms with Crippen molar-refractivity contribution in [3.8, 4) is 0 Å². The van der Waals surface area contributed by atoms with Crippen molar-refractivity contribution in [3.05, 3.63) is 91.0 Å². The van der Waals surface area contributed by atoms with Gasteiger partial charge in [-0.25, -0.2) is 0 Å². The third-order valence-electron chi connectivity index (χ3n) is 18.1. The molecule has 0 saturated carbocycles. The second kappa shape index (κ2) is 30.8. The molecule has 0 spiro atoms. The number of methoxy groups -OCH3 is 1. The first-order chi connectivity index (χ1) is 37.4. The second-order valence-corrected chi connectivity index (χ2v) is 28.4. The van der Waals surface area contributed by atoms with E-state index in [1.54, 1.807) is 34.6 Å². The van der Waals surface area contributed by atoms with Crippen molar-refractivity contribution < 1.29 is 82.7 Å². The van der Waals surface area contributed by atoms with Crippen LogP contribution in [-0.4, -0.2) is 172 Å². The first-order valence-electron chi connectivity index (χ1n) is 29.7. The number of cyclic esters (lactones) is 1. The molecule has 80 heavy (non-hydrogen) atoms. The highest BCUT2D eigenvalue weighted by Crippen LogP contribution is 2.56. The SMILES string of the molecule is CC[C@H]1OC(=O)[C@H](C)[C@@H](O[C@H]2C[C@@](C)(OC)[C@@H](O)[C@H](C)O2)[C@H](C)[C@@H](O[C@@H]2O[C@H](C)C[C@H](N(C)C)[C@H]2O)[C@](C)(O)C[C@@H](C)CN(CCCCCCCCC[P+](c2ccccc2)(c2ccccc2)c2ccccc2)[C@H](C)[C@@H](O)[C@]1(C)O.[I-]. The zero-order valence-corrected chi connectivity index (χ0v) is 53.6. The smallest absolute Gasteiger partial charge is 0.311 e. The van der Waals surface area contributed by atoms with Gasteiger partial charge in [0.1, 0.15) is 53.2 Å². The number of carbonyl (C=O) groups excluding carboxylic acids is 1. The summed E-state index contributed by atoms with van der Waals surface area (Å²) in [4.78, 5) is 18.9. The highest BCUT2D eigenvalue weighted by Gasteiger charge is 2.53. The third kappa shape index (κ3) is 16.6. The van der Waals surface area contributed by atoms with Gasteiger partial charge < -0.3 is 82.8 Å². The highest BCUT2D eigenvalue weighted by atomic mass is 127. The average molecular weight is 1250 g/mol. The van der Waals surface area contributed by atoms with Crippen LogP contribution >= 0.6 is 7.26 Å². The van der Waals surface area contributed by atoms with E-state index < -0.39 is 103 Å². The van der Waals surface area contributed by atoms with Crippen LogP contribution < -0.4 is 39.9 Å². The summed E-state index contributed by atoms with van der Waals surface area (Å²) in [7, 11) is 3.46. The van der Waals surface area contributed by atoms with Crippen LogP contribution in [0.2, 0.25) is 0 Å². The molecule has 16 heteroatoms. The molecule has 0 aliphatic carbocycles. The summed E-state index contributed by atoms with van der Waals surface area (Å²) in [6, 6.07) is 32.4. The van der Waals surface area contributed by atoms with E-state index in [0.29, 0.717) is 19.5 Å². The number of aliphatic hydroxyl groups is 5. The molecule has 0 unspecified atom stereocenters. The molecule has 0 aromatic heterocycles. The Hall–Kier alpha value is -2.19. The zero-order chi connectivity index (χ0) is 57.9. The number of ether oxygens (including phenoxy) is 6. The van der Waals surface area contributed by atoms with E-state index >= 15 is 0 Å². The molecule has 3 aliphatic heterocycles. The van der Waals surface area contributed by atoms with E-state index in [4.69, 9.17) is 28.4 Å². The summed E-state index contributed by atoms with van der Waals surface area (Å²) in [5.41, 5.74) is -4.49. The van der Waals surface area contributed by atoms with Crippen molar-refractivity contribution >= 4 is 29.1 Å². The van der Waals surface area contributed by atoms with E-state index in [2.05, 4.69) is 103 Å². The zero-order valence-electron chi connectivity index (χ0n) is 50.5. The number of aliphatic hydroxyl groups excluding tert-OH is 3. The predicted molar refractivity (Wildman–Crippen MR) is 315 cm³/mol. The summed E-state index contributed by atoms with van der Waals surface area (Å²) in [6.07, 6.45) is 0.0467. The molecule has 0 bridgehead atoms. The first-order valence-corrected chi connectivity index (χ1v) is 31.7. The Balaban J connectivity index is 0.0000118. The van der Waals surface area contributed by atoms with Crippen LogP contribution in [0.5, 0.6) is 0 Å². The molecule has 5 N–H and O–H groups in total. The van der Waals surface area contributed by atoms with Crippen LogP contribution in [0.25, 0.3) is 0 Å². The normalized spacial score (nSPS) is 36.3. The Bertz CT molecular complexity index is 2170. The number of rotatable bonds is 20. The molecule has 3 aromatic rings. The van der Waals surface area contributed by atoms with Gasteiger partial charge in [-0.05, 0) is 150 Å². The molecule has 3 heterocycles. The van der Waals surface area contributed by atoms with Crippen molar-refractivity contribution in [3.63, 3.8) is 0 Å². The standard InChI is InChI=1S/C64H102N2O12P.HI/c1-14-53-64(10,72)57(68)47(6)66(37-29-18-16-15-17-19-30-38-79(49-31-23-20-24-32-49,50-33-25-21-26-34-50)51-35-27-22-28-36-51)42-43(2)40-62(8,71)59(78-61-55(67)52(65(11)12)39-44(3)74-61)45(4)56(46(5)60(70)76-53)77-54-41-63(9,73-13)58(69)48(7)75-54;/h20-28,31-36,43-48,52-59,61,67-69,71-72H,14-19,29-30,37-42H2,1-13H3;1H/q+1;/p-1/t43-,44-,45+,46-,47-,48+,52+,53-,54+,55-,56+,57-,58+,59-,61+,62-,63-,64-;/m1./s1. The molecule has 3 aliphatic rings. The summed E-state index contributed by atoms with van der Waals surface area (Å²) < 4.78 is 38.5. The quantitative estimate of drug-likeness (QED) is 0.0442. The molecule has 14 nitrogen and oxygen atoms in total. The van der Waals surface area contributed by atoms with Gasteiger partial charge in [0.2, 0.25) is 0 Å². The average Bonchev–Trinajstić information content (AvgIpc) is 3.60. The van der Waals surface area contributed by atoms with E-state index in [1.165, 1.54) is 23.0 Å². The van der Waals surface area contributed by atoms with Gasteiger partial charge in [-0.15, -0.1) is 0 Å². The number of esters is 1. The molecule has 3 aromatic carbocycles. The minimum absolute atomic E-state index is 0. The van der Waals surface area contributed by atoms with Gasteiger partial charge in [0, 0.05) is 38.1 Å². The lowest BCUT2D eigenvalue weighted by atomic mass is 9.77. The van der Waals surface area contributed by atoms with Crippen LogP contribution in [0.1, 0.15) is 140 Å². The first kappa shape index (κ1) is 68.6. The Morgan fingerprint density at radius 3 is 1.76 bits per heavy atom. The molecule has 3 saturated heterocycles. The molecule has 452 valence electrons. The lowest BCUT2D eigenvalue weighted by Gasteiger charge is -2.48. The lowest BCUT2D eigenvalue weighted by Crippen LogP contribution is -3.00. The fourth-order valence-corrected chi connectivity index (χ4v) is 17.7. The number of hydrogen-bond acceptors (Lipinski definition) is 14.